The van der Waals surface area contributed by atoms with Gasteiger partial charge in [0.2, 0.25) is 0 Å². The van der Waals surface area contributed by atoms with Crippen molar-refractivity contribution >= 4 is 11.4 Å². The highest BCUT2D eigenvalue weighted by molar-refractivity contribution is 5.61. The molecular formula is C16H18N2O. The molecule has 1 aliphatic rings. The number of aryl methyl sites for hydroxylation is 1. The first-order chi connectivity index (χ1) is 9.19. The predicted molar refractivity (Wildman–Crippen MR) is 78.5 cm³/mol. The summed E-state index contributed by atoms with van der Waals surface area (Å²) < 4.78 is 5.31. The maximum atomic E-state index is 6.04. The second-order valence-electron chi connectivity index (χ2n) is 4.99. The van der Waals surface area contributed by atoms with E-state index in [1.807, 2.05) is 18.2 Å². The average Bonchev–Trinajstić information content (AvgIpc) is 2.84. The Morgan fingerprint density at radius 3 is 2.68 bits per heavy atom. The van der Waals surface area contributed by atoms with E-state index in [1.165, 1.54) is 16.8 Å². The molecule has 0 aromatic heterocycles. The number of nitrogens with two attached hydrogens (primary N) is 1. The van der Waals surface area contributed by atoms with Crippen LogP contribution < -0.4 is 15.4 Å². The maximum absolute atomic E-state index is 6.04. The van der Waals surface area contributed by atoms with E-state index in [9.17, 15) is 0 Å². The lowest BCUT2D eigenvalue weighted by Gasteiger charge is -2.19. The van der Waals surface area contributed by atoms with Gasteiger partial charge in [-0.3, -0.25) is 0 Å². The van der Waals surface area contributed by atoms with Crippen molar-refractivity contribution in [3.05, 3.63) is 53.1 Å². The molecule has 2 aromatic rings. The Hall–Kier alpha value is -2.16. The number of anilines is 2. The van der Waals surface area contributed by atoms with Gasteiger partial charge in [0.25, 0.3) is 0 Å². The maximum Gasteiger partial charge on any atom is 0.121 e. The van der Waals surface area contributed by atoms with E-state index in [0.29, 0.717) is 0 Å². The van der Waals surface area contributed by atoms with Gasteiger partial charge in [-0.05, 0) is 47.9 Å². The standard InChI is InChI=1S/C16H18N2O/c1-11-8-13(6-7-16(11)19-2)18-9-12-4-3-5-15(17)14(12)10-18/h3-8H,9-10,17H2,1-2H3. The van der Waals surface area contributed by atoms with Crippen molar-refractivity contribution in [1.82, 2.24) is 0 Å². The van der Waals surface area contributed by atoms with Crippen molar-refractivity contribution < 1.29 is 4.74 Å². The Morgan fingerprint density at radius 2 is 2.00 bits per heavy atom. The van der Waals surface area contributed by atoms with Crippen molar-refractivity contribution in [2.45, 2.75) is 20.0 Å². The number of nitrogens with zero attached hydrogens (tertiary/aromatic N) is 1. The van der Waals surface area contributed by atoms with Gasteiger partial charge in [0.1, 0.15) is 5.75 Å². The molecule has 2 N–H and O–H groups in total. The van der Waals surface area contributed by atoms with Crippen LogP contribution in [-0.4, -0.2) is 7.11 Å². The van der Waals surface area contributed by atoms with Gasteiger partial charge in [0.05, 0.1) is 7.11 Å². The molecule has 3 nitrogen and oxygen atoms in total. The third kappa shape index (κ3) is 2.01. The lowest BCUT2D eigenvalue weighted by molar-refractivity contribution is 0.411. The van der Waals surface area contributed by atoms with E-state index >= 15 is 0 Å². The Labute approximate surface area is 113 Å². The number of hydrogen-bond acceptors (Lipinski definition) is 3. The van der Waals surface area contributed by atoms with E-state index in [0.717, 1.165) is 30.1 Å². The minimum atomic E-state index is 0.883. The van der Waals surface area contributed by atoms with Crippen LogP contribution in [0.15, 0.2) is 36.4 Å². The number of benzene rings is 2. The highest BCUT2D eigenvalue weighted by Crippen LogP contribution is 2.33. The first kappa shape index (κ1) is 11.9. The Morgan fingerprint density at radius 1 is 1.16 bits per heavy atom. The van der Waals surface area contributed by atoms with E-state index < -0.39 is 0 Å². The summed E-state index contributed by atoms with van der Waals surface area (Å²) in [6.45, 7) is 3.87. The van der Waals surface area contributed by atoms with Crippen LogP contribution in [0.25, 0.3) is 0 Å². The third-order valence-corrected chi connectivity index (χ3v) is 3.76. The van der Waals surface area contributed by atoms with Crippen LogP contribution >= 0.6 is 0 Å². The van der Waals surface area contributed by atoms with Crippen LogP contribution in [0.2, 0.25) is 0 Å². The summed E-state index contributed by atoms with van der Waals surface area (Å²) in [6.07, 6.45) is 0. The predicted octanol–water partition coefficient (Wildman–Crippen LogP) is 3.11. The Balaban J connectivity index is 1.91. The summed E-state index contributed by atoms with van der Waals surface area (Å²) in [5, 5.41) is 0. The van der Waals surface area contributed by atoms with Gasteiger partial charge in [-0.2, -0.15) is 0 Å². The summed E-state index contributed by atoms with van der Waals surface area (Å²) in [5.41, 5.74) is 11.9. The van der Waals surface area contributed by atoms with Gasteiger partial charge in [-0.25, -0.2) is 0 Å². The molecule has 0 saturated heterocycles. The molecule has 0 amide bonds. The lowest BCUT2D eigenvalue weighted by Crippen LogP contribution is -2.14. The monoisotopic (exact) mass is 254 g/mol. The first-order valence-electron chi connectivity index (χ1n) is 6.45. The fraction of sp³-hybridized carbons (Fsp3) is 0.250. The zero-order chi connectivity index (χ0) is 13.4. The number of nitrogen functional groups attached to an aromatic ring is 1. The van der Waals surface area contributed by atoms with Gasteiger partial charge in [0, 0.05) is 24.5 Å². The Bertz CT molecular complexity index is 622. The van der Waals surface area contributed by atoms with Crippen LogP contribution in [0.4, 0.5) is 11.4 Å². The molecule has 0 spiro atoms. The molecule has 0 atom stereocenters. The minimum Gasteiger partial charge on any atom is -0.496 e. The molecule has 0 aliphatic carbocycles. The van der Waals surface area contributed by atoms with E-state index in [1.54, 1.807) is 7.11 Å². The second-order valence-corrected chi connectivity index (χ2v) is 4.99. The molecular weight excluding hydrogens is 236 g/mol. The molecule has 1 heterocycles. The molecule has 3 rings (SSSR count). The van der Waals surface area contributed by atoms with Crippen LogP contribution in [0, 0.1) is 6.92 Å². The molecule has 0 unspecified atom stereocenters. The summed E-state index contributed by atoms with van der Waals surface area (Å²) in [7, 11) is 1.70. The second kappa shape index (κ2) is 4.50. The number of methoxy groups -OCH3 is 1. The van der Waals surface area contributed by atoms with Gasteiger partial charge in [-0.1, -0.05) is 12.1 Å². The van der Waals surface area contributed by atoms with Crippen molar-refractivity contribution in [3.8, 4) is 5.75 Å². The average molecular weight is 254 g/mol. The quantitative estimate of drug-likeness (QED) is 0.837. The van der Waals surface area contributed by atoms with Gasteiger partial charge in [0.15, 0.2) is 0 Å². The zero-order valence-corrected chi connectivity index (χ0v) is 11.3. The van der Waals surface area contributed by atoms with Crippen LogP contribution in [-0.2, 0) is 13.1 Å². The van der Waals surface area contributed by atoms with Crippen molar-refractivity contribution in [2.75, 3.05) is 17.7 Å². The van der Waals surface area contributed by atoms with Crippen molar-refractivity contribution in [2.24, 2.45) is 0 Å². The zero-order valence-electron chi connectivity index (χ0n) is 11.3. The lowest BCUT2D eigenvalue weighted by atomic mass is 10.1. The number of hydrogen-bond donors (Lipinski definition) is 1. The van der Waals surface area contributed by atoms with Crippen molar-refractivity contribution in [3.63, 3.8) is 0 Å². The van der Waals surface area contributed by atoms with Gasteiger partial charge in [-0.15, -0.1) is 0 Å². The number of fused-ring (bicyclic) bond motifs is 1. The summed E-state index contributed by atoms with van der Waals surface area (Å²) in [4.78, 5) is 2.34. The largest absolute Gasteiger partial charge is 0.496 e. The molecule has 3 heteroatoms. The fourth-order valence-electron chi connectivity index (χ4n) is 2.69. The molecule has 0 radical (unpaired) electrons. The topological polar surface area (TPSA) is 38.5 Å². The highest BCUT2D eigenvalue weighted by Gasteiger charge is 2.21. The normalized spacial score (nSPS) is 13.5. The van der Waals surface area contributed by atoms with E-state index in [2.05, 4.69) is 30.0 Å². The molecule has 98 valence electrons. The first-order valence-corrected chi connectivity index (χ1v) is 6.45. The summed E-state index contributed by atoms with van der Waals surface area (Å²) >= 11 is 0. The molecule has 19 heavy (non-hydrogen) atoms. The molecule has 0 bridgehead atoms. The highest BCUT2D eigenvalue weighted by atomic mass is 16.5. The van der Waals surface area contributed by atoms with Crippen molar-refractivity contribution in [1.29, 1.82) is 0 Å². The minimum absolute atomic E-state index is 0.883. The fourth-order valence-corrected chi connectivity index (χ4v) is 2.69. The van der Waals surface area contributed by atoms with Gasteiger partial charge >= 0.3 is 0 Å². The molecule has 2 aromatic carbocycles. The van der Waals surface area contributed by atoms with Crippen LogP contribution in [0.1, 0.15) is 16.7 Å². The van der Waals surface area contributed by atoms with Gasteiger partial charge < -0.3 is 15.4 Å². The smallest absolute Gasteiger partial charge is 0.121 e. The summed E-state index contributed by atoms with van der Waals surface area (Å²) in [6, 6.07) is 12.5. The Kier molecular flexibility index (Phi) is 2.82. The van der Waals surface area contributed by atoms with Crippen LogP contribution in [0.5, 0.6) is 5.75 Å². The summed E-state index contributed by atoms with van der Waals surface area (Å²) in [5.74, 6) is 0.931. The van der Waals surface area contributed by atoms with E-state index in [4.69, 9.17) is 10.5 Å². The third-order valence-electron chi connectivity index (χ3n) is 3.76. The molecule has 0 saturated carbocycles. The SMILES string of the molecule is COc1ccc(N2Cc3cccc(N)c3C2)cc1C. The molecule has 1 aliphatic heterocycles. The molecule has 0 fully saturated rings. The van der Waals surface area contributed by atoms with Crippen LogP contribution in [0.3, 0.4) is 0 Å². The number of rotatable bonds is 2. The van der Waals surface area contributed by atoms with E-state index in [-0.39, 0.29) is 0 Å². The number of ether oxygens (including phenoxy) is 1.